The van der Waals surface area contributed by atoms with E-state index in [4.69, 9.17) is 5.11 Å². The quantitative estimate of drug-likeness (QED) is 0.539. The number of aromatic nitrogens is 4. The number of aromatic carboxylic acids is 1. The number of hydrogen-bond donors (Lipinski definition) is 1. The Morgan fingerprint density at radius 2 is 2.50 bits per heavy atom. The Kier molecular flexibility index (Phi) is 1.48. The van der Waals surface area contributed by atoms with Crippen LogP contribution in [0.5, 0.6) is 0 Å². The molecule has 0 bridgehead atoms. The predicted molar refractivity (Wildman–Crippen MR) is 27.3 cm³/mol. The molecule has 1 aromatic heterocycles. The van der Waals surface area contributed by atoms with Crippen molar-refractivity contribution in [3.63, 3.8) is 0 Å². The van der Waals surface area contributed by atoms with Gasteiger partial charge in [-0.15, -0.1) is 0 Å². The fourth-order valence-corrected chi connectivity index (χ4v) is 0.427. The van der Waals surface area contributed by atoms with Gasteiger partial charge in [-0.25, -0.2) is 4.79 Å². The second kappa shape index (κ2) is 2.29. The first-order valence-electron chi connectivity index (χ1n) is 2.32. The van der Waals surface area contributed by atoms with Crippen molar-refractivity contribution in [2.24, 2.45) is 0 Å². The zero-order chi connectivity index (χ0) is 7.56. The number of carboxylic acid groups (broad SMARTS) is 1. The highest BCUT2D eigenvalue weighted by Gasteiger charge is 2.13. The Hall–Kier alpha value is -1.66. The van der Waals surface area contributed by atoms with E-state index in [1.807, 2.05) is 0 Å². The Labute approximate surface area is 55.2 Å². The SMILES string of the molecule is COn1nnnc1C(=O)O. The summed E-state index contributed by atoms with van der Waals surface area (Å²) in [6, 6.07) is 0. The normalized spacial score (nSPS) is 9.30. The van der Waals surface area contributed by atoms with Gasteiger partial charge in [0, 0.05) is 0 Å². The van der Waals surface area contributed by atoms with Crippen molar-refractivity contribution in [2.75, 3.05) is 7.11 Å². The molecule has 0 aliphatic carbocycles. The molecule has 1 rings (SSSR count). The van der Waals surface area contributed by atoms with Crippen molar-refractivity contribution in [1.82, 2.24) is 20.4 Å². The molecule has 54 valence electrons. The molecule has 0 aliphatic rings. The highest BCUT2D eigenvalue weighted by molar-refractivity contribution is 5.82. The van der Waals surface area contributed by atoms with Crippen LogP contribution < -0.4 is 4.84 Å². The van der Waals surface area contributed by atoms with Gasteiger partial charge in [0.05, 0.1) is 0 Å². The van der Waals surface area contributed by atoms with E-state index < -0.39 is 5.97 Å². The van der Waals surface area contributed by atoms with Crippen molar-refractivity contribution in [1.29, 1.82) is 0 Å². The molecule has 1 heterocycles. The first kappa shape index (κ1) is 6.46. The van der Waals surface area contributed by atoms with E-state index in [0.29, 0.717) is 4.85 Å². The van der Waals surface area contributed by atoms with Crippen LogP contribution in [0.2, 0.25) is 0 Å². The molecule has 0 unspecified atom stereocenters. The van der Waals surface area contributed by atoms with E-state index in [0.717, 1.165) is 0 Å². The smallest absolute Gasteiger partial charge is 0.379 e. The summed E-state index contributed by atoms with van der Waals surface area (Å²) < 4.78 is 0. The van der Waals surface area contributed by atoms with Gasteiger partial charge in [0.1, 0.15) is 7.11 Å². The average Bonchev–Trinajstić information content (AvgIpc) is 2.33. The minimum absolute atomic E-state index is 0.345. The van der Waals surface area contributed by atoms with E-state index in [1.54, 1.807) is 0 Å². The number of carboxylic acids is 1. The van der Waals surface area contributed by atoms with E-state index in [2.05, 4.69) is 20.4 Å². The summed E-state index contributed by atoms with van der Waals surface area (Å²) in [6.07, 6.45) is 0. The second-order valence-corrected chi connectivity index (χ2v) is 1.36. The molecule has 0 radical (unpaired) electrons. The Morgan fingerprint density at radius 3 is 2.90 bits per heavy atom. The molecular weight excluding hydrogens is 140 g/mol. The van der Waals surface area contributed by atoms with Crippen molar-refractivity contribution < 1.29 is 14.7 Å². The standard InChI is InChI=1S/C3H4N4O3/c1-10-7-2(3(8)9)4-5-6-7/h1H3,(H,8,9). The number of hydrogen-bond acceptors (Lipinski definition) is 5. The number of carbonyl (C=O) groups is 1. The van der Waals surface area contributed by atoms with Crippen LogP contribution in [0.15, 0.2) is 0 Å². The Balaban J connectivity index is 3.01. The summed E-state index contributed by atoms with van der Waals surface area (Å²) in [5.41, 5.74) is 0. The zero-order valence-electron chi connectivity index (χ0n) is 5.05. The minimum atomic E-state index is -1.23. The number of tetrazole rings is 1. The molecule has 10 heavy (non-hydrogen) atoms. The van der Waals surface area contributed by atoms with Crippen LogP contribution in [0.3, 0.4) is 0 Å². The van der Waals surface area contributed by atoms with Crippen LogP contribution in [0, 0.1) is 0 Å². The first-order chi connectivity index (χ1) is 4.75. The third kappa shape index (κ3) is 0.879. The van der Waals surface area contributed by atoms with Gasteiger partial charge >= 0.3 is 5.97 Å². The lowest BCUT2D eigenvalue weighted by molar-refractivity contribution is 0.0599. The molecule has 7 nitrogen and oxygen atoms in total. The maximum atomic E-state index is 10.2. The first-order valence-corrected chi connectivity index (χ1v) is 2.32. The van der Waals surface area contributed by atoms with Gasteiger partial charge in [-0.3, -0.25) is 0 Å². The van der Waals surface area contributed by atoms with E-state index in [-0.39, 0.29) is 5.82 Å². The van der Waals surface area contributed by atoms with Gasteiger partial charge in [-0.05, 0) is 10.4 Å². The molecule has 0 fully saturated rings. The van der Waals surface area contributed by atoms with Gasteiger partial charge < -0.3 is 9.94 Å². The number of rotatable bonds is 2. The Morgan fingerprint density at radius 1 is 1.80 bits per heavy atom. The van der Waals surface area contributed by atoms with Gasteiger partial charge in [-0.1, -0.05) is 9.94 Å². The van der Waals surface area contributed by atoms with Crippen LogP contribution in [0.25, 0.3) is 0 Å². The molecule has 1 aromatic rings. The maximum absolute atomic E-state index is 10.2. The average molecular weight is 144 g/mol. The molecule has 0 atom stereocenters. The fourth-order valence-electron chi connectivity index (χ4n) is 0.427. The highest BCUT2D eigenvalue weighted by atomic mass is 16.7. The highest BCUT2D eigenvalue weighted by Crippen LogP contribution is 1.85. The predicted octanol–water partition coefficient (Wildman–Crippen LogP) is -1.57. The second-order valence-electron chi connectivity index (χ2n) is 1.36. The lowest BCUT2D eigenvalue weighted by atomic mass is 10.7. The lowest BCUT2D eigenvalue weighted by Gasteiger charge is -1.94. The maximum Gasteiger partial charge on any atom is 0.379 e. The van der Waals surface area contributed by atoms with E-state index >= 15 is 0 Å². The monoisotopic (exact) mass is 144 g/mol. The lowest BCUT2D eigenvalue weighted by Crippen LogP contribution is -2.15. The third-order valence-electron chi connectivity index (χ3n) is 0.806. The van der Waals surface area contributed by atoms with Crippen molar-refractivity contribution in [2.45, 2.75) is 0 Å². The summed E-state index contributed by atoms with van der Waals surface area (Å²) in [5.74, 6) is -1.57. The van der Waals surface area contributed by atoms with Crippen molar-refractivity contribution >= 4 is 5.97 Å². The third-order valence-corrected chi connectivity index (χ3v) is 0.806. The van der Waals surface area contributed by atoms with Crippen molar-refractivity contribution in [3.8, 4) is 0 Å². The summed E-state index contributed by atoms with van der Waals surface area (Å²) in [7, 11) is 1.27. The molecule has 0 aliphatic heterocycles. The van der Waals surface area contributed by atoms with E-state index in [1.165, 1.54) is 7.11 Å². The van der Waals surface area contributed by atoms with Gasteiger partial charge in [-0.2, -0.15) is 0 Å². The summed E-state index contributed by atoms with van der Waals surface area (Å²) in [6.45, 7) is 0. The van der Waals surface area contributed by atoms with Gasteiger partial charge in [0.25, 0.3) is 5.82 Å². The van der Waals surface area contributed by atoms with Gasteiger partial charge in [0.2, 0.25) is 0 Å². The molecule has 0 amide bonds. The minimum Gasteiger partial charge on any atom is -0.475 e. The Bertz CT molecular complexity index is 244. The van der Waals surface area contributed by atoms with Crippen LogP contribution in [-0.2, 0) is 0 Å². The van der Waals surface area contributed by atoms with Crippen LogP contribution >= 0.6 is 0 Å². The molecule has 0 saturated carbocycles. The molecule has 1 N–H and O–H groups in total. The van der Waals surface area contributed by atoms with Crippen LogP contribution in [-0.4, -0.2) is 38.6 Å². The largest absolute Gasteiger partial charge is 0.475 e. The molecular formula is C3H4N4O3. The summed E-state index contributed by atoms with van der Waals surface area (Å²) in [4.78, 5) is 15.4. The fraction of sp³-hybridized carbons (Fsp3) is 0.333. The molecule has 0 saturated heterocycles. The van der Waals surface area contributed by atoms with Crippen molar-refractivity contribution in [3.05, 3.63) is 5.82 Å². The topological polar surface area (TPSA) is 90.1 Å². The number of nitrogens with zero attached hydrogens (tertiary/aromatic N) is 4. The summed E-state index contributed by atoms with van der Waals surface area (Å²) in [5, 5.41) is 17.8. The van der Waals surface area contributed by atoms with Gasteiger partial charge in [0.15, 0.2) is 0 Å². The molecule has 0 spiro atoms. The molecule has 7 heteroatoms. The molecule has 0 aromatic carbocycles. The van der Waals surface area contributed by atoms with E-state index in [9.17, 15) is 4.79 Å². The van der Waals surface area contributed by atoms with Crippen LogP contribution in [0.1, 0.15) is 10.6 Å². The van der Waals surface area contributed by atoms with Crippen LogP contribution in [0.4, 0.5) is 0 Å². The zero-order valence-corrected chi connectivity index (χ0v) is 5.05. The summed E-state index contributed by atoms with van der Waals surface area (Å²) >= 11 is 0.